The van der Waals surface area contributed by atoms with Crippen LogP contribution in [0.1, 0.15) is 20.3 Å². The van der Waals surface area contributed by atoms with E-state index in [0.29, 0.717) is 40.5 Å². The van der Waals surface area contributed by atoms with E-state index in [1.54, 1.807) is 22.5 Å². The average Bonchev–Trinajstić information content (AvgIpc) is 2.93. The summed E-state index contributed by atoms with van der Waals surface area (Å²) < 4.78 is 29.1. The third-order valence-electron chi connectivity index (χ3n) is 4.70. The summed E-state index contributed by atoms with van der Waals surface area (Å²) in [6.07, 6.45) is 2.40. The van der Waals surface area contributed by atoms with Gasteiger partial charge in [-0.1, -0.05) is 13.8 Å². The summed E-state index contributed by atoms with van der Waals surface area (Å²) in [5, 5.41) is 0.713. The van der Waals surface area contributed by atoms with E-state index in [1.165, 1.54) is 17.7 Å². The molecule has 1 aromatic carbocycles. The normalized spacial score (nSPS) is 22.6. The lowest BCUT2D eigenvalue weighted by Crippen LogP contribution is -2.42. The summed E-state index contributed by atoms with van der Waals surface area (Å²) in [7, 11) is -3.55. The molecule has 4 rings (SSSR count). The average molecular weight is 377 g/mol. The molecule has 1 N–H and O–H groups in total. The Balaban J connectivity index is 1.85. The number of nitrogens with one attached hydrogen (secondary N) is 1. The van der Waals surface area contributed by atoms with Gasteiger partial charge in [0.2, 0.25) is 10.0 Å². The first-order chi connectivity index (χ1) is 11.9. The number of sulfonamides is 1. The molecule has 25 heavy (non-hydrogen) atoms. The Morgan fingerprint density at radius 2 is 1.96 bits per heavy atom. The highest BCUT2D eigenvalue weighted by molar-refractivity contribution is 7.89. The van der Waals surface area contributed by atoms with E-state index in [9.17, 15) is 13.2 Å². The van der Waals surface area contributed by atoms with Gasteiger partial charge in [0.1, 0.15) is 4.70 Å². The number of rotatable bonds is 2. The van der Waals surface area contributed by atoms with Gasteiger partial charge in [-0.2, -0.15) is 4.31 Å². The number of thiophene rings is 1. The van der Waals surface area contributed by atoms with Crippen LogP contribution in [0.4, 0.5) is 0 Å². The number of hydrogen-bond acceptors (Lipinski definition) is 5. The highest BCUT2D eigenvalue weighted by atomic mass is 32.2. The predicted octanol–water partition coefficient (Wildman–Crippen LogP) is 2.80. The van der Waals surface area contributed by atoms with E-state index in [1.807, 2.05) is 0 Å². The van der Waals surface area contributed by atoms with Gasteiger partial charge in [0, 0.05) is 23.2 Å². The molecule has 0 bridgehead atoms. The van der Waals surface area contributed by atoms with Gasteiger partial charge in [0.25, 0.3) is 5.56 Å². The van der Waals surface area contributed by atoms with Crippen LogP contribution in [0.25, 0.3) is 20.3 Å². The molecule has 8 heteroatoms. The Morgan fingerprint density at radius 3 is 2.68 bits per heavy atom. The lowest BCUT2D eigenvalue weighted by atomic mass is 9.94. The van der Waals surface area contributed by atoms with Crippen LogP contribution in [0.5, 0.6) is 0 Å². The Kier molecular flexibility index (Phi) is 3.93. The zero-order valence-electron chi connectivity index (χ0n) is 14.0. The molecule has 3 aromatic rings. The number of hydrogen-bond donors (Lipinski definition) is 1. The number of H-pyrrole nitrogens is 1. The maximum absolute atomic E-state index is 13.1. The van der Waals surface area contributed by atoms with Crippen molar-refractivity contribution in [3.63, 3.8) is 0 Å². The minimum Gasteiger partial charge on any atom is -0.312 e. The van der Waals surface area contributed by atoms with Gasteiger partial charge >= 0.3 is 0 Å². The number of nitrogens with zero attached hydrogens (tertiary/aromatic N) is 2. The van der Waals surface area contributed by atoms with Crippen molar-refractivity contribution >= 4 is 41.7 Å². The van der Waals surface area contributed by atoms with E-state index in [4.69, 9.17) is 0 Å². The molecule has 1 aliphatic heterocycles. The smallest absolute Gasteiger partial charge is 0.268 e. The molecule has 0 saturated carbocycles. The lowest BCUT2D eigenvalue weighted by molar-refractivity contribution is 0.222. The number of fused-ring (bicyclic) bond motifs is 3. The molecule has 0 amide bonds. The topological polar surface area (TPSA) is 83.1 Å². The molecule has 0 aliphatic carbocycles. The molecule has 1 saturated heterocycles. The van der Waals surface area contributed by atoms with Crippen molar-refractivity contribution in [3.8, 4) is 0 Å². The Bertz CT molecular complexity index is 1110. The number of aromatic nitrogens is 2. The van der Waals surface area contributed by atoms with Crippen molar-refractivity contribution in [2.75, 3.05) is 13.1 Å². The molecule has 132 valence electrons. The first-order valence-electron chi connectivity index (χ1n) is 8.26. The van der Waals surface area contributed by atoms with E-state index in [0.717, 1.165) is 11.1 Å². The van der Waals surface area contributed by atoms with Gasteiger partial charge < -0.3 is 4.98 Å². The third kappa shape index (κ3) is 2.78. The molecule has 0 unspecified atom stereocenters. The van der Waals surface area contributed by atoms with Crippen molar-refractivity contribution in [2.45, 2.75) is 25.2 Å². The van der Waals surface area contributed by atoms with Crippen LogP contribution < -0.4 is 5.56 Å². The molecule has 0 spiro atoms. The summed E-state index contributed by atoms with van der Waals surface area (Å²) >= 11 is 1.33. The van der Waals surface area contributed by atoms with Gasteiger partial charge in [-0.15, -0.1) is 11.3 Å². The molecular formula is C17H19N3O3S2. The van der Waals surface area contributed by atoms with Gasteiger partial charge in [-0.05, 0) is 36.5 Å². The number of piperidine rings is 1. The maximum Gasteiger partial charge on any atom is 0.268 e. The molecule has 3 heterocycles. The summed E-state index contributed by atoms with van der Waals surface area (Å²) in [5.41, 5.74) is 0.357. The van der Waals surface area contributed by atoms with Crippen molar-refractivity contribution in [1.82, 2.24) is 14.3 Å². The van der Waals surface area contributed by atoms with E-state index < -0.39 is 10.0 Å². The molecule has 6 nitrogen and oxygen atoms in total. The van der Waals surface area contributed by atoms with Gasteiger partial charge in [-0.25, -0.2) is 13.4 Å². The van der Waals surface area contributed by atoms with Crippen molar-refractivity contribution in [1.29, 1.82) is 0 Å². The molecule has 1 aliphatic rings. The zero-order chi connectivity index (χ0) is 17.8. The molecule has 2 atom stereocenters. The van der Waals surface area contributed by atoms with Gasteiger partial charge in [0.05, 0.1) is 16.7 Å². The Labute approximate surface area is 149 Å². The van der Waals surface area contributed by atoms with Gasteiger partial charge in [-0.3, -0.25) is 4.79 Å². The minimum atomic E-state index is -3.55. The Morgan fingerprint density at radius 1 is 1.24 bits per heavy atom. The third-order valence-corrected chi connectivity index (χ3v) is 7.69. The standard InChI is InChI=1S/C17H19N3O3S2/c1-10-5-11(2)8-20(7-10)25(22,23)12-3-4-14-13(6-12)15-16(24-14)17(21)19-9-18-15/h3-4,6,9-11H,5,7-8H2,1-2H3,(H,18,19,21)/t10-,11+. The number of benzene rings is 1. The van der Waals surface area contributed by atoms with Gasteiger partial charge in [0.15, 0.2) is 0 Å². The van der Waals surface area contributed by atoms with Crippen LogP contribution in [-0.4, -0.2) is 35.8 Å². The quantitative estimate of drug-likeness (QED) is 0.744. The fourth-order valence-corrected chi connectivity index (χ4v) is 6.42. The molecule has 1 fully saturated rings. The predicted molar refractivity (Wildman–Crippen MR) is 99.5 cm³/mol. The highest BCUT2D eigenvalue weighted by Crippen LogP contribution is 2.33. The zero-order valence-corrected chi connectivity index (χ0v) is 15.7. The number of aromatic amines is 1. The van der Waals surface area contributed by atoms with E-state index in [-0.39, 0.29) is 10.5 Å². The van der Waals surface area contributed by atoms with E-state index in [2.05, 4.69) is 23.8 Å². The first kappa shape index (κ1) is 16.7. The van der Waals surface area contributed by atoms with E-state index >= 15 is 0 Å². The lowest BCUT2D eigenvalue weighted by Gasteiger charge is -2.34. The van der Waals surface area contributed by atoms with Crippen LogP contribution in [0, 0.1) is 11.8 Å². The van der Waals surface area contributed by atoms with Crippen molar-refractivity contribution in [2.24, 2.45) is 11.8 Å². The largest absolute Gasteiger partial charge is 0.312 e. The van der Waals surface area contributed by atoms with Crippen LogP contribution in [0.2, 0.25) is 0 Å². The first-order valence-corrected chi connectivity index (χ1v) is 10.5. The van der Waals surface area contributed by atoms with Crippen LogP contribution >= 0.6 is 11.3 Å². The second kappa shape index (κ2) is 5.89. The van der Waals surface area contributed by atoms with Crippen molar-refractivity contribution in [3.05, 3.63) is 34.9 Å². The highest BCUT2D eigenvalue weighted by Gasteiger charge is 2.32. The van der Waals surface area contributed by atoms with Crippen molar-refractivity contribution < 1.29 is 8.42 Å². The maximum atomic E-state index is 13.1. The summed E-state index contributed by atoms with van der Waals surface area (Å²) in [6.45, 7) is 5.27. The fraction of sp³-hybridized carbons (Fsp3) is 0.412. The molecular weight excluding hydrogens is 358 g/mol. The molecule has 0 radical (unpaired) electrons. The minimum absolute atomic E-state index is 0.200. The summed E-state index contributed by atoms with van der Waals surface area (Å²) in [6, 6.07) is 5.05. The molecule has 2 aromatic heterocycles. The van der Waals surface area contributed by atoms with Crippen LogP contribution in [-0.2, 0) is 10.0 Å². The second-order valence-corrected chi connectivity index (χ2v) is 9.93. The monoisotopic (exact) mass is 377 g/mol. The van der Waals surface area contributed by atoms with Crippen LogP contribution in [0.15, 0.2) is 34.2 Å². The SMILES string of the molecule is C[C@@H]1C[C@H](C)CN(S(=O)(=O)c2ccc3sc4c(=O)[nH]cnc4c3c2)C1. The van der Waals surface area contributed by atoms with Crippen LogP contribution in [0.3, 0.4) is 0 Å². The Hall–Kier alpha value is -1.77. The summed E-state index contributed by atoms with van der Waals surface area (Å²) in [4.78, 5) is 19.0. The fourth-order valence-electron chi connectivity index (χ4n) is 3.68. The second-order valence-electron chi connectivity index (χ2n) is 6.94. The summed E-state index contributed by atoms with van der Waals surface area (Å²) in [5.74, 6) is 0.703.